The molecule has 23 heavy (non-hydrogen) atoms. The summed E-state index contributed by atoms with van der Waals surface area (Å²) in [6.45, 7) is 7.33. The van der Waals surface area contributed by atoms with Gasteiger partial charge in [0.05, 0.1) is 0 Å². The van der Waals surface area contributed by atoms with Gasteiger partial charge in [-0.3, -0.25) is 4.79 Å². The summed E-state index contributed by atoms with van der Waals surface area (Å²) >= 11 is 0. The van der Waals surface area contributed by atoms with Crippen LogP contribution >= 0.6 is 0 Å². The van der Waals surface area contributed by atoms with Crippen LogP contribution in [0.2, 0.25) is 0 Å². The van der Waals surface area contributed by atoms with Crippen molar-refractivity contribution in [2.75, 3.05) is 0 Å². The van der Waals surface area contributed by atoms with Crippen LogP contribution in [0.3, 0.4) is 0 Å². The Kier molecular flexibility index (Phi) is 3.66. The Labute approximate surface area is 134 Å². The zero-order valence-corrected chi connectivity index (χ0v) is 13.2. The van der Waals surface area contributed by atoms with Crippen molar-refractivity contribution in [1.29, 1.82) is 0 Å². The summed E-state index contributed by atoms with van der Waals surface area (Å²) in [5.41, 5.74) is 0.0819. The SMILES string of the molecule is C=CC(=O)N1C(=O)OC(C)(C)N1Cc1ccc2ccccc2c1. The van der Waals surface area contributed by atoms with Gasteiger partial charge in [-0.05, 0) is 42.3 Å². The van der Waals surface area contributed by atoms with Crippen LogP contribution < -0.4 is 0 Å². The van der Waals surface area contributed by atoms with Gasteiger partial charge in [-0.15, -0.1) is 0 Å². The predicted octanol–water partition coefficient (Wildman–Crippen LogP) is 3.46. The standard InChI is InChI=1S/C18H18N2O3/c1-4-16(21)20-17(22)23-18(2,3)19(20)12-13-9-10-14-7-5-6-8-15(14)11-13/h4-11H,1,12H2,2-3H3. The summed E-state index contributed by atoms with van der Waals surface area (Å²) < 4.78 is 5.30. The van der Waals surface area contributed by atoms with Crippen molar-refractivity contribution in [2.45, 2.75) is 26.1 Å². The van der Waals surface area contributed by atoms with E-state index < -0.39 is 17.7 Å². The molecule has 0 spiro atoms. The highest BCUT2D eigenvalue weighted by molar-refractivity contribution is 5.98. The van der Waals surface area contributed by atoms with Crippen LogP contribution in [0.15, 0.2) is 55.1 Å². The van der Waals surface area contributed by atoms with E-state index in [1.54, 1.807) is 18.9 Å². The van der Waals surface area contributed by atoms with E-state index in [1.165, 1.54) is 0 Å². The number of rotatable bonds is 3. The second-order valence-electron chi connectivity index (χ2n) is 5.91. The summed E-state index contributed by atoms with van der Waals surface area (Å²) in [7, 11) is 0. The van der Waals surface area contributed by atoms with Gasteiger partial charge in [0.15, 0.2) is 5.72 Å². The smallest absolute Gasteiger partial charge is 0.425 e. The largest absolute Gasteiger partial charge is 0.433 e. The zero-order valence-electron chi connectivity index (χ0n) is 13.2. The summed E-state index contributed by atoms with van der Waals surface area (Å²) in [6.07, 6.45) is 0.427. The van der Waals surface area contributed by atoms with E-state index in [-0.39, 0.29) is 0 Å². The van der Waals surface area contributed by atoms with Crippen molar-refractivity contribution in [3.05, 3.63) is 60.7 Å². The highest BCUT2D eigenvalue weighted by atomic mass is 16.6. The molecule has 5 nitrogen and oxygen atoms in total. The van der Waals surface area contributed by atoms with Crippen LogP contribution in [0.5, 0.6) is 0 Å². The molecular weight excluding hydrogens is 292 g/mol. The molecule has 2 amide bonds. The number of nitrogens with zero attached hydrogens (tertiary/aromatic N) is 2. The molecule has 0 saturated carbocycles. The van der Waals surface area contributed by atoms with Crippen LogP contribution in [0.25, 0.3) is 10.8 Å². The second kappa shape index (κ2) is 5.52. The number of hydrogen-bond acceptors (Lipinski definition) is 4. The van der Waals surface area contributed by atoms with E-state index in [9.17, 15) is 9.59 Å². The van der Waals surface area contributed by atoms with Crippen LogP contribution in [0, 0.1) is 0 Å². The lowest BCUT2D eigenvalue weighted by atomic mass is 10.1. The Morgan fingerprint density at radius 2 is 1.91 bits per heavy atom. The molecule has 0 unspecified atom stereocenters. The highest BCUT2D eigenvalue weighted by Gasteiger charge is 2.48. The zero-order chi connectivity index (χ0) is 16.6. The molecule has 0 N–H and O–H groups in total. The maximum Gasteiger partial charge on any atom is 0.433 e. The van der Waals surface area contributed by atoms with E-state index in [1.807, 2.05) is 42.5 Å². The number of hydrogen-bond donors (Lipinski definition) is 0. The molecule has 1 heterocycles. The number of carbonyl (C=O) groups is 2. The first-order valence-electron chi connectivity index (χ1n) is 7.37. The fraction of sp³-hybridized carbons (Fsp3) is 0.222. The topological polar surface area (TPSA) is 49.9 Å². The van der Waals surface area contributed by atoms with Crippen molar-refractivity contribution in [1.82, 2.24) is 10.0 Å². The molecule has 0 aliphatic carbocycles. The first-order valence-corrected chi connectivity index (χ1v) is 7.37. The molecular formula is C18H18N2O3. The molecule has 1 fully saturated rings. The number of cyclic esters (lactones) is 1. The van der Waals surface area contributed by atoms with E-state index in [0.717, 1.165) is 27.4 Å². The minimum absolute atomic E-state index is 0.378. The molecule has 0 radical (unpaired) electrons. The minimum Gasteiger partial charge on any atom is -0.425 e. The number of imide groups is 1. The molecule has 1 aliphatic heterocycles. The minimum atomic E-state index is -0.901. The summed E-state index contributed by atoms with van der Waals surface area (Å²) in [6, 6.07) is 14.1. The first-order chi connectivity index (χ1) is 10.9. The number of hydrazine groups is 1. The normalized spacial score (nSPS) is 17.3. The number of amides is 2. The van der Waals surface area contributed by atoms with E-state index >= 15 is 0 Å². The van der Waals surface area contributed by atoms with Gasteiger partial charge >= 0.3 is 6.09 Å². The van der Waals surface area contributed by atoms with Gasteiger partial charge in [-0.2, -0.15) is 10.0 Å². The molecule has 118 valence electrons. The maximum atomic E-state index is 12.0. The van der Waals surface area contributed by atoms with Gasteiger partial charge in [-0.25, -0.2) is 4.79 Å². The van der Waals surface area contributed by atoms with Crippen molar-refractivity contribution in [3.8, 4) is 0 Å². The Morgan fingerprint density at radius 3 is 2.61 bits per heavy atom. The number of ether oxygens (including phenoxy) is 1. The van der Waals surface area contributed by atoms with Crippen molar-refractivity contribution in [2.24, 2.45) is 0 Å². The summed E-state index contributed by atoms with van der Waals surface area (Å²) in [5.74, 6) is -0.499. The van der Waals surface area contributed by atoms with Gasteiger partial charge in [-0.1, -0.05) is 43.0 Å². The van der Waals surface area contributed by atoms with Crippen LogP contribution in [0.4, 0.5) is 4.79 Å². The lowest BCUT2D eigenvalue weighted by Gasteiger charge is -2.31. The molecule has 1 saturated heterocycles. The number of benzene rings is 2. The van der Waals surface area contributed by atoms with Gasteiger partial charge in [0.2, 0.25) is 0 Å². The van der Waals surface area contributed by atoms with Gasteiger partial charge in [0.25, 0.3) is 5.91 Å². The Bertz CT molecular complexity index is 798. The molecule has 2 aromatic rings. The molecule has 0 bridgehead atoms. The second-order valence-corrected chi connectivity index (χ2v) is 5.91. The first kappa shape index (κ1) is 15.2. The van der Waals surface area contributed by atoms with Crippen LogP contribution in [-0.2, 0) is 16.1 Å². The quantitative estimate of drug-likeness (QED) is 0.815. The average Bonchev–Trinajstić information content (AvgIpc) is 2.75. The average molecular weight is 310 g/mol. The maximum absolute atomic E-state index is 12.0. The number of carbonyl (C=O) groups excluding carboxylic acids is 2. The lowest BCUT2D eigenvalue weighted by molar-refractivity contribution is -0.145. The molecule has 3 rings (SSSR count). The highest BCUT2D eigenvalue weighted by Crippen LogP contribution is 2.30. The molecule has 0 aromatic heterocycles. The van der Waals surface area contributed by atoms with Crippen LogP contribution in [-0.4, -0.2) is 27.7 Å². The fourth-order valence-electron chi connectivity index (χ4n) is 2.72. The third kappa shape index (κ3) is 2.71. The fourth-order valence-corrected chi connectivity index (χ4v) is 2.72. The summed E-state index contributed by atoms with van der Waals surface area (Å²) in [5, 5.41) is 4.87. The lowest BCUT2D eigenvalue weighted by Crippen LogP contribution is -2.48. The van der Waals surface area contributed by atoms with Crippen molar-refractivity contribution >= 4 is 22.8 Å². The Balaban J connectivity index is 1.95. The van der Waals surface area contributed by atoms with Crippen LogP contribution in [0.1, 0.15) is 19.4 Å². The van der Waals surface area contributed by atoms with Crippen molar-refractivity contribution < 1.29 is 14.3 Å². The molecule has 2 aromatic carbocycles. The monoisotopic (exact) mass is 310 g/mol. The van der Waals surface area contributed by atoms with E-state index in [0.29, 0.717) is 6.54 Å². The van der Waals surface area contributed by atoms with E-state index in [4.69, 9.17) is 4.74 Å². The van der Waals surface area contributed by atoms with E-state index in [2.05, 4.69) is 6.58 Å². The van der Waals surface area contributed by atoms with Crippen molar-refractivity contribution in [3.63, 3.8) is 0 Å². The Morgan fingerprint density at radius 1 is 1.22 bits per heavy atom. The molecule has 1 aliphatic rings. The van der Waals surface area contributed by atoms with Gasteiger partial charge in [0.1, 0.15) is 0 Å². The predicted molar refractivity (Wildman–Crippen MR) is 87.1 cm³/mol. The number of fused-ring (bicyclic) bond motifs is 1. The van der Waals surface area contributed by atoms with Gasteiger partial charge < -0.3 is 4.74 Å². The molecule has 0 atom stereocenters. The summed E-state index contributed by atoms with van der Waals surface area (Å²) in [4.78, 5) is 24.0. The Hall–Kier alpha value is -2.66. The molecule has 5 heteroatoms. The third-order valence-electron chi connectivity index (χ3n) is 3.90. The van der Waals surface area contributed by atoms with Gasteiger partial charge in [0, 0.05) is 6.54 Å². The third-order valence-corrected chi connectivity index (χ3v) is 3.90.